The fourth-order valence-corrected chi connectivity index (χ4v) is 2.56. The van der Waals surface area contributed by atoms with Crippen LogP contribution in [0.15, 0.2) is 24.3 Å². The Labute approximate surface area is 119 Å². The van der Waals surface area contributed by atoms with E-state index < -0.39 is 6.09 Å². The maximum atomic E-state index is 11.5. The Bertz CT molecular complexity index is 450. The topological polar surface area (TPSA) is 70.6 Å². The Kier molecular flexibility index (Phi) is 5.38. The average Bonchev–Trinajstić information content (AvgIpc) is 2.46. The number of aliphatic hydroxyl groups is 1. The van der Waals surface area contributed by atoms with Crippen molar-refractivity contribution in [3.05, 3.63) is 35.4 Å². The number of nitrogens with one attached hydrogen (secondary N) is 2. The monoisotopic (exact) mass is 278 g/mol. The number of piperidine rings is 1. The van der Waals surface area contributed by atoms with Gasteiger partial charge in [-0.05, 0) is 31.0 Å². The second kappa shape index (κ2) is 7.26. The van der Waals surface area contributed by atoms with Crippen LogP contribution in [0.2, 0.25) is 0 Å². The van der Waals surface area contributed by atoms with Crippen molar-refractivity contribution in [1.29, 1.82) is 0 Å². The van der Waals surface area contributed by atoms with Gasteiger partial charge in [-0.1, -0.05) is 24.3 Å². The van der Waals surface area contributed by atoms with Crippen molar-refractivity contribution < 1.29 is 14.6 Å². The number of carbonyl (C=O) groups is 1. The molecule has 0 spiro atoms. The van der Waals surface area contributed by atoms with Crippen LogP contribution < -0.4 is 10.6 Å². The lowest BCUT2D eigenvalue weighted by molar-refractivity contribution is 0.0674. The van der Waals surface area contributed by atoms with E-state index in [1.165, 1.54) is 11.1 Å². The molecule has 1 heterocycles. The van der Waals surface area contributed by atoms with Gasteiger partial charge in [0.05, 0.1) is 6.61 Å². The standard InChI is InChI=1S/C15H22N2O3/c1-11-4-2-3-5-13(11)14-10-12(6-7-16-14)20-15(19)17-8-9-18/h2-5,12,14,16,18H,6-10H2,1H3,(H,17,19). The molecule has 3 N–H and O–H groups in total. The highest BCUT2D eigenvalue weighted by Crippen LogP contribution is 2.27. The molecule has 5 nitrogen and oxygen atoms in total. The van der Waals surface area contributed by atoms with Crippen LogP contribution in [-0.2, 0) is 4.74 Å². The van der Waals surface area contributed by atoms with E-state index in [1.54, 1.807) is 0 Å². The third-order valence-corrected chi connectivity index (χ3v) is 3.57. The average molecular weight is 278 g/mol. The molecule has 1 aromatic rings. The van der Waals surface area contributed by atoms with Crippen molar-refractivity contribution in [3.8, 4) is 0 Å². The van der Waals surface area contributed by atoms with Gasteiger partial charge < -0.3 is 20.5 Å². The maximum absolute atomic E-state index is 11.5. The lowest BCUT2D eigenvalue weighted by Gasteiger charge is -2.31. The van der Waals surface area contributed by atoms with Crippen molar-refractivity contribution in [1.82, 2.24) is 10.6 Å². The summed E-state index contributed by atoms with van der Waals surface area (Å²) in [6.45, 7) is 3.07. The van der Waals surface area contributed by atoms with Gasteiger partial charge in [0.25, 0.3) is 0 Å². The predicted octanol–water partition coefficient (Wildman–Crippen LogP) is 1.51. The lowest BCUT2D eigenvalue weighted by atomic mass is 9.92. The summed E-state index contributed by atoms with van der Waals surface area (Å²) in [5.74, 6) is 0. The van der Waals surface area contributed by atoms with Gasteiger partial charge in [0, 0.05) is 19.0 Å². The summed E-state index contributed by atoms with van der Waals surface area (Å²) in [7, 11) is 0. The molecule has 2 atom stereocenters. The third kappa shape index (κ3) is 3.95. The number of benzene rings is 1. The molecule has 1 fully saturated rings. The maximum Gasteiger partial charge on any atom is 0.407 e. The first-order valence-electron chi connectivity index (χ1n) is 7.05. The van der Waals surface area contributed by atoms with E-state index in [0.29, 0.717) is 0 Å². The minimum Gasteiger partial charge on any atom is -0.446 e. The lowest BCUT2D eigenvalue weighted by Crippen LogP contribution is -2.39. The molecular weight excluding hydrogens is 256 g/mol. The van der Waals surface area contributed by atoms with Gasteiger partial charge in [0.15, 0.2) is 0 Å². The zero-order valence-corrected chi connectivity index (χ0v) is 11.8. The third-order valence-electron chi connectivity index (χ3n) is 3.57. The van der Waals surface area contributed by atoms with E-state index in [4.69, 9.17) is 9.84 Å². The predicted molar refractivity (Wildman–Crippen MR) is 76.5 cm³/mol. The first kappa shape index (κ1) is 14.8. The van der Waals surface area contributed by atoms with Gasteiger partial charge in [0.1, 0.15) is 6.10 Å². The molecule has 0 radical (unpaired) electrons. The van der Waals surface area contributed by atoms with E-state index in [1.807, 2.05) is 12.1 Å². The molecule has 0 aliphatic carbocycles. The summed E-state index contributed by atoms with van der Waals surface area (Å²) in [5.41, 5.74) is 2.51. The first-order valence-corrected chi connectivity index (χ1v) is 7.05. The Morgan fingerprint density at radius 1 is 1.50 bits per heavy atom. The van der Waals surface area contributed by atoms with Crippen LogP contribution in [0, 0.1) is 6.92 Å². The van der Waals surface area contributed by atoms with Crippen molar-refractivity contribution >= 4 is 6.09 Å². The summed E-state index contributed by atoms with van der Waals surface area (Å²) < 4.78 is 5.38. The van der Waals surface area contributed by atoms with Crippen molar-refractivity contribution in [2.75, 3.05) is 19.7 Å². The quantitative estimate of drug-likeness (QED) is 0.780. The van der Waals surface area contributed by atoms with Gasteiger partial charge in [-0.25, -0.2) is 4.79 Å². The highest BCUT2D eigenvalue weighted by Gasteiger charge is 2.26. The normalized spacial score (nSPS) is 22.3. The highest BCUT2D eigenvalue weighted by molar-refractivity contribution is 5.67. The second-order valence-corrected chi connectivity index (χ2v) is 5.07. The minimum atomic E-state index is -0.450. The molecule has 20 heavy (non-hydrogen) atoms. The van der Waals surface area contributed by atoms with Crippen LogP contribution >= 0.6 is 0 Å². The van der Waals surface area contributed by atoms with Gasteiger partial charge in [0.2, 0.25) is 0 Å². The Morgan fingerprint density at radius 3 is 3.05 bits per heavy atom. The van der Waals surface area contributed by atoms with Crippen LogP contribution in [0.4, 0.5) is 4.79 Å². The summed E-state index contributed by atoms with van der Waals surface area (Å²) in [5, 5.41) is 14.6. The Hall–Kier alpha value is -1.59. The number of amides is 1. The van der Waals surface area contributed by atoms with Gasteiger partial charge in [-0.15, -0.1) is 0 Å². The molecule has 1 saturated heterocycles. The van der Waals surface area contributed by atoms with E-state index in [-0.39, 0.29) is 25.3 Å². The van der Waals surface area contributed by atoms with E-state index in [0.717, 1.165) is 19.4 Å². The largest absolute Gasteiger partial charge is 0.446 e. The molecule has 2 unspecified atom stereocenters. The molecule has 1 aliphatic rings. The number of ether oxygens (including phenoxy) is 1. The molecule has 110 valence electrons. The minimum absolute atomic E-state index is 0.0762. The molecular formula is C15H22N2O3. The number of hydrogen-bond acceptors (Lipinski definition) is 4. The van der Waals surface area contributed by atoms with E-state index in [9.17, 15) is 4.79 Å². The van der Waals surface area contributed by atoms with Crippen LogP contribution in [0.25, 0.3) is 0 Å². The van der Waals surface area contributed by atoms with E-state index in [2.05, 4.69) is 29.7 Å². The van der Waals surface area contributed by atoms with E-state index >= 15 is 0 Å². The molecule has 0 aromatic heterocycles. The SMILES string of the molecule is Cc1ccccc1C1CC(OC(=O)NCCO)CCN1. The molecule has 1 aliphatic heterocycles. The van der Waals surface area contributed by atoms with Crippen LogP contribution in [0.5, 0.6) is 0 Å². The number of carbonyl (C=O) groups excluding carboxylic acids is 1. The zero-order valence-electron chi connectivity index (χ0n) is 11.8. The van der Waals surface area contributed by atoms with Gasteiger partial charge in [-0.2, -0.15) is 0 Å². The zero-order chi connectivity index (χ0) is 14.4. The van der Waals surface area contributed by atoms with Crippen LogP contribution in [0.3, 0.4) is 0 Å². The van der Waals surface area contributed by atoms with Crippen LogP contribution in [-0.4, -0.2) is 37.0 Å². The number of aliphatic hydroxyl groups excluding tert-OH is 1. The van der Waals surface area contributed by atoms with Crippen LogP contribution in [0.1, 0.15) is 30.0 Å². The Morgan fingerprint density at radius 2 is 2.30 bits per heavy atom. The van der Waals surface area contributed by atoms with Crippen molar-refractivity contribution in [2.45, 2.75) is 31.9 Å². The van der Waals surface area contributed by atoms with Gasteiger partial charge >= 0.3 is 6.09 Å². The van der Waals surface area contributed by atoms with Gasteiger partial charge in [-0.3, -0.25) is 0 Å². The number of alkyl carbamates (subject to hydrolysis) is 1. The first-order chi connectivity index (χ1) is 9.70. The highest BCUT2D eigenvalue weighted by atomic mass is 16.6. The Balaban J connectivity index is 1.92. The number of hydrogen-bond donors (Lipinski definition) is 3. The molecule has 0 saturated carbocycles. The number of aryl methyl sites for hydroxylation is 1. The van der Waals surface area contributed by atoms with Crippen molar-refractivity contribution in [2.24, 2.45) is 0 Å². The molecule has 0 bridgehead atoms. The summed E-state index contributed by atoms with van der Waals surface area (Å²) in [6, 6.07) is 8.48. The fraction of sp³-hybridized carbons (Fsp3) is 0.533. The molecule has 1 amide bonds. The fourth-order valence-electron chi connectivity index (χ4n) is 2.56. The number of rotatable bonds is 4. The molecule has 1 aromatic carbocycles. The molecule has 2 rings (SSSR count). The van der Waals surface area contributed by atoms with Crippen molar-refractivity contribution in [3.63, 3.8) is 0 Å². The smallest absolute Gasteiger partial charge is 0.407 e. The second-order valence-electron chi connectivity index (χ2n) is 5.07. The summed E-state index contributed by atoms with van der Waals surface area (Å²) in [4.78, 5) is 11.5. The molecule has 5 heteroatoms. The summed E-state index contributed by atoms with van der Waals surface area (Å²) >= 11 is 0. The summed E-state index contributed by atoms with van der Waals surface area (Å²) in [6.07, 6.45) is 1.06.